The van der Waals surface area contributed by atoms with Crippen LogP contribution in [-0.4, -0.2) is 49.7 Å². The summed E-state index contributed by atoms with van der Waals surface area (Å²) in [5.74, 6) is 0.316. The molecule has 4 rings (SSSR count). The number of carbonyl (C=O) groups is 1. The van der Waals surface area contributed by atoms with E-state index in [1.165, 1.54) is 10.9 Å². The highest BCUT2D eigenvalue weighted by molar-refractivity contribution is 5.79. The maximum atomic E-state index is 12.6. The molecule has 1 aliphatic rings. The third-order valence-corrected chi connectivity index (χ3v) is 4.37. The molecule has 0 spiro atoms. The van der Waals surface area contributed by atoms with Gasteiger partial charge in [0, 0.05) is 25.2 Å². The third-order valence-electron chi connectivity index (χ3n) is 4.37. The van der Waals surface area contributed by atoms with Gasteiger partial charge in [0.15, 0.2) is 0 Å². The Morgan fingerprint density at radius 1 is 1.23 bits per heavy atom. The van der Waals surface area contributed by atoms with Gasteiger partial charge in [0.25, 0.3) is 5.56 Å². The zero-order valence-electron chi connectivity index (χ0n) is 14.0. The van der Waals surface area contributed by atoms with Crippen molar-refractivity contribution in [2.75, 3.05) is 13.1 Å². The number of hydrogen-bond acceptors (Lipinski definition) is 6. The average Bonchev–Trinajstić information content (AvgIpc) is 3.14. The van der Waals surface area contributed by atoms with Crippen LogP contribution in [0.25, 0.3) is 10.9 Å². The van der Waals surface area contributed by atoms with Gasteiger partial charge in [-0.15, -0.1) is 5.10 Å². The number of nitrogens with zero attached hydrogens (tertiary/aromatic N) is 5. The Labute approximate surface area is 149 Å². The van der Waals surface area contributed by atoms with Crippen LogP contribution in [0.5, 0.6) is 5.88 Å². The summed E-state index contributed by atoms with van der Waals surface area (Å²) in [6.07, 6.45) is 3.59. The fourth-order valence-electron chi connectivity index (χ4n) is 3.04. The number of carbonyl (C=O) groups excluding carboxylic acids is 1. The number of aromatic nitrogens is 4. The van der Waals surface area contributed by atoms with Crippen molar-refractivity contribution < 1.29 is 9.53 Å². The van der Waals surface area contributed by atoms with Crippen LogP contribution in [0.4, 0.5) is 0 Å². The summed E-state index contributed by atoms with van der Waals surface area (Å²) in [5, 5.41) is 8.17. The van der Waals surface area contributed by atoms with Crippen LogP contribution in [0.1, 0.15) is 6.42 Å². The molecule has 1 fully saturated rings. The molecule has 1 saturated heterocycles. The maximum absolute atomic E-state index is 12.6. The SMILES string of the molecule is O=C(Cn1cnc2ccccc2c1=O)N1CC[C@H](Oc2cccnn2)C1. The van der Waals surface area contributed by atoms with E-state index in [0.717, 1.165) is 0 Å². The summed E-state index contributed by atoms with van der Waals surface area (Å²) in [5.41, 5.74) is 0.412. The van der Waals surface area contributed by atoms with Gasteiger partial charge in [0.05, 0.1) is 23.8 Å². The smallest absolute Gasteiger partial charge is 0.261 e. The quantitative estimate of drug-likeness (QED) is 0.693. The first-order valence-electron chi connectivity index (χ1n) is 8.37. The molecule has 26 heavy (non-hydrogen) atoms. The van der Waals surface area contributed by atoms with Gasteiger partial charge in [0.1, 0.15) is 12.6 Å². The van der Waals surface area contributed by atoms with E-state index in [1.807, 2.05) is 6.07 Å². The van der Waals surface area contributed by atoms with Crippen molar-refractivity contribution in [2.45, 2.75) is 19.1 Å². The minimum Gasteiger partial charge on any atom is -0.471 e. The van der Waals surface area contributed by atoms with Crippen LogP contribution in [-0.2, 0) is 11.3 Å². The van der Waals surface area contributed by atoms with E-state index in [9.17, 15) is 9.59 Å². The second-order valence-electron chi connectivity index (χ2n) is 6.12. The summed E-state index contributed by atoms with van der Waals surface area (Å²) in [4.78, 5) is 31.0. The lowest BCUT2D eigenvalue weighted by Gasteiger charge is -2.17. The summed E-state index contributed by atoms with van der Waals surface area (Å²) in [7, 11) is 0. The molecular formula is C18H17N5O3. The molecule has 0 N–H and O–H groups in total. The van der Waals surface area contributed by atoms with Gasteiger partial charge in [-0.3, -0.25) is 14.2 Å². The van der Waals surface area contributed by atoms with Crippen molar-refractivity contribution in [1.82, 2.24) is 24.6 Å². The lowest BCUT2D eigenvalue weighted by molar-refractivity contribution is -0.131. The Hall–Kier alpha value is -3.29. The molecule has 0 bridgehead atoms. The summed E-state index contributed by atoms with van der Waals surface area (Å²) in [6.45, 7) is 1.01. The van der Waals surface area contributed by atoms with Crippen LogP contribution in [0, 0.1) is 0 Å². The van der Waals surface area contributed by atoms with Crippen molar-refractivity contribution in [3.05, 3.63) is 59.3 Å². The highest BCUT2D eigenvalue weighted by Crippen LogP contribution is 2.16. The molecule has 3 aromatic rings. The van der Waals surface area contributed by atoms with Gasteiger partial charge < -0.3 is 9.64 Å². The first kappa shape index (κ1) is 16.2. The Balaban J connectivity index is 1.43. The molecule has 8 heteroatoms. The van der Waals surface area contributed by atoms with E-state index in [0.29, 0.717) is 36.3 Å². The summed E-state index contributed by atoms with van der Waals surface area (Å²) >= 11 is 0. The minimum atomic E-state index is -0.212. The van der Waals surface area contributed by atoms with Crippen LogP contribution in [0.2, 0.25) is 0 Å². The first-order valence-corrected chi connectivity index (χ1v) is 8.37. The fraction of sp³-hybridized carbons (Fsp3) is 0.278. The largest absolute Gasteiger partial charge is 0.471 e. The maximum Gasteiger partial charge on any atom is 0.261 e. The van der Waals surface area contributed by atoms with Crippen molar-refractivity contribution >= 4 is 16.8 Å². The molecule has 0 radical (unpaired) electrons. The number of para-hydroxylation sites is 1. The zero-order valence-corrected chi connectivity index (χ0v) is 14.0. The number of amides is 1. The molecule has 8 nitrogen and oxygen atoms in total. The van der Waals surface area contributed by atoms with E-state index < -0.39 is 0 Å². The lowest BCUT2D eigenvalue weighted by atomic mass is 10.2. The lowest BCUT2D eigenvalue weighted by Crippen LogP contribution is -2.36. The van der Waals surface area contributed by atoms with E-state index in [4.69, 9.17) is 4.74 Å². The normalized spacial score (nSPS) is 16.8. The highest BCUT2D eigenvalue weighted by atomic mass is 16.5. The first-order chi connectivity index (χ1) is 12.7. The Morgan fingerprint density at radius 3 is 2.96 bits per heavy atom. The number of benzene rings is 1. The third kappa shape index (κ3) is 3.26. The Bertz CT molecular complexity index is 989. The average molecular weight is 351 g/mol. The molecule has 0 aliphatic carbocycles. The van der Waals surface area contributed by atoms with Gasteiger partial charge in [-0.25, -0.2) is 4.98 Å². The predicted octanol–water partition coefficient (Wildman–Crippen LogP) is 0.866. The van der Waals surface area contributed by atoms with E-state index in [2.05, 4.69) is 15.2 Å². The fourth-order valence-corrected chi connectivity index (χ4v) is 3.04. The number of ether oxygens (including phenoxy) is 1. The van der Waals surface area contributed by atoms with Gasteiger partial charge >= 0.3 is 0 Å². The molecule has 1 aliphatic heterocycles. The van der Waals surface area contributed by atoms with E-state index in [-0.39, 0.29) is 24.1 Å². The predicted molar refractivity (Wildman–Crippen MR) is 93.6 cm³/mol. The number of fused-ring (bicyclic) bond motifs is 1. The molecule has 0 unspecified atom stereocenters. The number of hydrogen-bond donors (Lipinski definition) is 0. The molecule has 3 heterocycles. The van der Waals surface area contributed by atoms with Crippen LogP contribution < -0.4 is 10.3 Å². The minimum absolute atomic E-state index is 0.0332. The van der Waals surface area contributed by atoms with Crippen LogP contribution >= 0.6 is 0 Å². The second-order valence-corrected chi connectivity index (χ2v) is 6.12. The van der Waals surface area contributed by atoms with Crippen molar-refractivity contribution in [3.63, 3.8) is 0 Å². The summed E-state index contributed by atoms with van der Waals surface area (Å²) in [6, 6.07) is 10.6. The van der Waals surface area contributed by atoms with Crippen molar-refractivity contribution in [3.8, 4) is 5.88 Å². The molecule has 1 aromatic carbocycles. The van der Waals surface area contributed by atoms with Gasteiger partial charge in [0.2, 0.25) is 11.8 Å². The van der Waals surface area contributed by atoms with Crippen LogP contribution in [0.3, 0.4) is 0 Å². The Kier molecular flexibility index (Phi) is 4.30. The topological polar surface area (TPSA) is 90.2 Å². The van der Waals surface area contributed by atoms with Gasteiger partial charge in [-0.2, -0.15) is 5.10 Å². The summed E-state index contributed by atoms with van der Waals surface area (Å²) < 4.78 is 7.09. The molecular weight excluding hydrogens is 334 g/mol. The molecule has 132 valence electrons. The second kappa shape index (κ2) is 6.91. The van der Waals surface area contributed by atoms with Gasteiger partial charge in [-0.1, -0.05) is 12.1 Å². The highest BCUT2D eigenvalue weighted by Gasteiger charge is 2.28. The number of likely N-dealkylation sites (tertiary alicyclic amines) is 1. The molecule has 2 aromatic heterocycles. The van der Waals surface area contributed by atoms with Gasteiger partial charge in [-0.05, 0) is 18.2 Å². The molecule has 0 saturated carbocycles. The standard InChI is InChI=1S/C18H17N5O3/c24-17(11-23-12-19-15-5-2-1-4-14(15)18(23)25)22-9-7-13(10-22)26-16-6-3-8-20-21-16/h1-6,8,12-13H,7,9-11H2/t13-/m0/s1. The monoisotopic (exact) mass is 351 g/mol. The van der Waals surface area contributed by atoms with E-state index >= 15 is 0 Å². The van der Waals surface area contributed by atoms with E-state index in [1.54, 1.807) is 41.4 Å². The van der Waals surface area contributed by atoms with Crippen molar-refractivity contribution in [1.29, 1.82) is 0 Å². The zero-order chi connectivity index (χ0) is 17.9. The van der Waals surface area contributed by atoms with Crippen molar-refractivity contribution in [2.24, 2.45) is 0 Å². The number of rotatable bonds is 4. The molecule has 1 amide bonds. The Morgan fingerprint density at radius 2 is 2.12 bits per heavy atom. The van der Waals surface area contributed by atoms with Crippen LogP contribution in [0.15, 0.2) is 53.7 Å². The molecule has 1 atom stereocenters.